The Morgan fingerprint density at radius 3 is 2.85 bits per heavy atom. The largest absolute Gasteiger partial charge is 0.302 e. The third-order valence-corrected chi connectivity index (χ3v) is 3.54. The molecule has 0 spiro atoms. The molecule has 1 aliphatic rings. The van der Waals surface area contributed by atoms with Crippen LogP contribution in [0.15, 0.2) is 16.6 Å². The van der Waals surface area contributed by atoms with Gasteiger partial charge in [-0.3, -0.25) is 0 Å². The second-order valence-corrected chi connectivity index (χ2v) is 4.71. The summed E-state index contributed by atoms with van der Waals surface area (Å²) in [5, 5.41) is 0. The number of halogens is 1. The van der Waals surface area contributed by atoms with Gasteiger partial charge >= 0.3 is 0 Å². The fourth-order valence-electron chi connectivity index (χ4n) is 1.84. The van der Waals surface area contributed by atoms with Crippen molar-refractivity contribution in [1.82, 2.24) is 4.90 Å². The predicted octanol–water partition coefficient (Wildman–Crippen LogP) is 2.75. The van der Waals surface area contributed by atoms with E-state index in [1.807, 2.05) is 0 Å². The minimum atomic E-state index is 1.10. The molecule has 0 aliphatic carbocycles. The first-order chi connectivity index (χ1) is 6.16. The van der Waals surface area contributed by atoms with Crippen LogP contribution in [-0.2, 0) is 13.0 Å². The van der Waals surface area contributed by atoms with Crippen LogP contribution in [0.3, 0.4) is 0 Å². The van der Waals surface area contributed by atoms with Crippen LogP contribution in [0.1, 0.15) is 16.7 Å². The maximum Gasteiger partial charge on any atom is 0.0233 e. The highest BCUT2D eigenvalue weighted by atomic mass is 79.9. The van der Waals surface area contributed by atoms with Gasteiger partial charge in [-0.2, -0.15) is 0 Å². The molecule has 0 saturated heterocycles. The molecule has 0 saturated carbocycles. The van der Waals surface area contributed by atoms with Crippen molar-refractivity contribution in [3.8, 4) is 0 Å². The van der Waals surface area contributed by atoms with Crippen molar-refractivity contribution in [2.24, 2.45) is 0 Å². The van der Waals surface area contributed by atoms with Crippen LogP contribution in [-0.4, -0.2) is 18.5 Å². The van der Waals surface area contributed by atoms with Crippen LogP contribution >= 0.6 is 15.9 Å². The van der Waals surface area contributed by atoms with E-state index in [9.17, 15) is 0 Å². The lowest BCUT2D eigenvalue weighted by Gasteiger charge is -2.25. The SMILES string of the molecule is Cc1cc2c(cc1Br)CCN(C)C2. The number of aryl methyl sites for hydroxylation is 1. The van der Waals surface area contributed by atoms with Crippen molar-refractivity contribution in [1.29, 1.82) is 0 Å². The Morgan fingerprint density at radius 1 is 1.31 bits per heavy atom. The van der Waals surface area contributed by atoms with Gasteiger partial charge in [-0.05, 0) is 43.1 Å². The molecular weight excluding hydrogens is 226 g/mol. The molecule has 1 aromatic rings. The van der Waals surface area contributed by atoms with Crippen LogP contribution in [0, 0.1) is 6.92 Å². The van der Waals surface area contributed by atoms with E-state index in [0.29, 0.717) is 0 Å². The highest BCUT2D eigenvalue weighted by Crippen LogP contribution is 2.25. The molecular formula is C11H14BrN. The average Bonchev–Trinajstić information content (AvgIpc) is 2.08. The fourth-order valence-corrected chi connectivity index (χ4v) is 2.23. The van der Waals surface area contributed by atoms with E-state index in [2.05, 4.69) is 46.9 Å². The summed E-state index contributed by atoms with van der Waals surface area (Å²) in [6.07, 6.45) is 1.19. The van der Waals surface area contributed by atoms with Crippen molar-refractivity contribution in [2.75, 3.05) is 13.6 Å². The van der Waals surface area contributed by atoms with E-state index in [1.165, 1.54) is 34.1 Å². The summed E-state index contributed by atoms with van der Waals surface area (Å²) < 4.78 is 1.25. The summed E-state index contributed by atoms with van der Waals surface area (Å²) in [6.45, 7) is 4.44. The molecule has 1 heterocycles. The zero-order chi connectivity index (χ0) is 9.42. The van der Waals surface area contributed by atoms with Gasteiger partial charge in [-0.15, -0.1) is 0 Å². The van der Waals surface area contributed by atoms with Gasteiger partial charge in [-0.1, -0.05) is 22.0 Å². The van der Waals surface area contributed by atoms with Crippen LogP contribution in [0.4, 0.5) is 0 Å². The minimum absolute atomic E-state index is 1.10. The second-order valence-electron chi connectivity index (χ2n) is 3.86. The predicted molar refractivity (Wildman–Crippen MR) is 58.9 cm³/mol. The minimum Gasteiger partial charge on any atom is -0.302 e. The lowest BCUT2D eigenvalue weighted by Crippen LogP contribution is -2.26. The van der Waals surface area contributed by atoms with E-state index < -0.39 is 0 Å². The standard InChI is InChI=1S/C11H14BrN/c1-8-5-10-7-13(2)4-3-9(10)6-11(8)12/h5-6H,3-4,7H2,1-2H3. The molecule has 0 N–H and O–H groups in total. The summed E-state index contributed by atoms with van der Waals surface area (Å²) in [6, 6.07) is 4.58. The van der Waals surface area contributed by atoms with Crippen molar-refractivity contribution in [3.05, 3.63) is 33.3 Å². The first-order valence-corrected chi connectivity index (χ1v) is 5.42. The molecule has 1 aromatic carbocycles. The lowest BCUT2D eigenvalue weighted by molar-refractivity contribution is 0.313. The van der Waals surface area contributed by atoms with Gasteiger partial charge in [0.05, 0.1) is 0 Å². The third kappa shape index (κ3) is 1.79. The van der Waals surface area contributed by atoms with Gasteiger partial charge in [0.15, 0.2) is 0 Å². The molecule has 1 nitrogen and oxygen atoms in total. The Labute approximate surface area is 87.9 Å². The Balaban J connectivity index is 2.43. The van der Waals surface area contributed by atoms with E-state index in [-0.39, 0.29) is 0 Å². The van der Waals surface area contributed by atoms with Crippen LogP contribution < -0.4 is 0 Å². The van der Waals surface area contributed by atoms with Gasteiger partial charge < -0.3 is 4.90 Å². The van der Waals surface area contributed by atoms with E-state index in [4.69, 9.17) is 0 Å². The zero-order valence-corrected chi connectivity index (χ0v) is 9.69. The van der Waals surface area contributed by atoms with Crippen LogP contribution in [0.25, 0.3) is 0 Å². The molecule has 0 radical (unpaired) electrons. The summed E-state index contributed by atoms with van der Waals surface area (Å²) in [5.41, 5.74) is 4.35. The maximum absolute atomic E-state index is 3.58. The Kier molecular flexibility index (Phi) is 2.43. The number of fused-ring (bicyclic) bond motifs is 1. The van der Waals surface area contributed by atoms with Crippen molar-refractivity contribution < 1.29 is 0 Å². The molecule has 0 amide bonds. The van der Waals surface area contributed by atoms with Gasteiger partial charge in [0.1, 0.15) is 0 Å². The molecule has 0 unspecified atom stereocenters. The highest BCUT2D eigenvalue weighted by molar-refractivity contribution is 9.10. The topological polar surface area (TPSA) is 3.24 Å². The number of benzene rings is 1. The molecule has 70 valence electrons. The normalized spacial score (nSPS) is 17.2. The molecule has 0 bridgehead atoms. The molecule has 0 atom stereocenters. The number of hydrogen-bond acceptors (Lipinski definition) is 1. The first-order valence-electron chi connectivity index (χ1n) is 4.63. The molecule has 2 rings (SSSR count). The molecule has 1 aliphatic heterocycles. The third-order valence-electron chi connectivity index (χ3n) is 2.68. The van der Waals surface area contributed by atoms with E-state index >= 15 is 0 Å². The van der Waals surface area contributed by atoms with Gasteiger partial charge in [0, 0.05) is 17.6 Å². The van der Waals surface area contributed by atoms with E-state index in [1.54, 1.807) is 0 Å². The highest BCUT2D eigenvalue weighted by Gasteiger charge is 2.13. The first kappa shape index (κ1) is 9.22. The summed E-state index contributed by atoms with van der Waals surface area (Å²) in [7, 11) is 2.18. The van der Waals surface area contributed by atoms with Crippen molar-refractivity contribution in [2.45, 2.75) is 19.9 Å². The average molecular weight is 240 g/mol. The summed E-state index contributed by atoms with van der Waals surface area (Å²) >= 11 is 3.58. The van der Waals surface area contributed by atoms with Gasteiger partial charge in [0.2, 0.25) is 0 Å². The Bertz CT molecular complexity index is 333. The quantitative estimate of drug-likeness (QED) is 0.674. The zero-order valence-electron chi connectivity index (χ0n) is 8.10. The summed E-state index contributed by atoms with van der Waals surface area (Å²) in [5.74, 6) is 0. The van der Waals surface area contributed by atoms with E-state index in [0.717, 1.165) is 6.54 Å². The number of hydrogen-bond donors (Lipinski definition) is 0. The van der Waals surface area contributed by atoms with Crippen molar-refractivity contribution >= 4 is 15.9 Å². The smallest absolute Gasteiger partial charge is 0.0233 e. The van der Waals surface area contributed by atoms with Crippen LogP contribution in [0.5, 0.6) is 0 Å². The second kappa shape index (κ2) is 3.43. The lowest BCUT2D eigenvalue weighted by atomic mass is 9.98. The number of rotatable bonds is 0. The monoisotopic (exact) mass is 239 g/mol. The molecule has 0 fully saturated rings. The number of nitrogens with zero attached hydrogens (tertiary/aromatic N) is 1. The van der Waals surface area contributed by atoms with Crippen LogP contribution in [0.2, 0.25) is 0 Å². The van der Waals surface area contributed by atoms with Crippen molar-refractivity contribution in [3.63, 3.8) is 0 Å². The molecule has 2 heteroatoms. The fraction of sp³-hybridized carbons (Fsp3) is 0.455. The Morgan fingerprint density at radius 2 is 2.08 bits per heavy atom. The maximum atomic E-state index is 3.58. The molecule has 0 aromatic heterocycles. The van der Waals surface area contributed by atoms with Gasteiger partial charge in [0.25, 0.3) is 0 Å². The summed E-state index contributed by atoms with van der Waals surface area (Å²) in [4.78, 5) is 2.37. The molecule has 13 heavy (non-hydrogen) atoms. The number of likely N-dealkylation sites (N-methyl/N-ethyl adjacent to an activating group) is 1. The van der Waals surface area contributed by atoms with Gasteiger partial charge in [-0.25, -0.2) is 0 Å². The Hall–Kier alpha value is -0.340.